The number of aryl methyl sites for hydroxylation is 1. The molecule has 1 nitrogen and oxygen atoms in total. The molecule has 5 aromatic rings. The second-order valence-electron chi connectivity index (χ2n) is 6.43. The normalized spacial score (nSPS) is 11.5. The molecule has 0 fully saturated rings. The van der Waals surface area contributed by atoms with E-state index >= 15 is 0 Å². The zero-order valence-corrected chi connectivity index (χ0v) is 13.5. The third kappa shape index (κ3) is 1.88. The van der Waals surface area contributed by atoms with Gasteiger partial charge in [-0.3, -0.25) is 0 Å². The lowest BCUT2D eigenvalue weighted by molar-refractivity contribution is 1.49. The summed E-state index contributed by atoms with van der Waals surface area (Å²) in [6.07, 6.45) is 0. The second-order valence-corrected chi connectivity index (χ2v) is 6.43. The molecule has 1 heterocycles. The van der Waals surface area contributed by atoms with Gasteiger partial charge in [-0.25, -0.2) is 0 Å². The molecule has 0 aliphatic rings. The van der Waals surface area contributed by atoms with Crippen molar-refractivity contribution < 1.29 is 0 Å². The number of fused-ring (bicyclic) bond motifs is 5. The predicted octanol–water partition coefficient (Wildman–Crippen LogP) is 6.45. The maximum atomic E-state index is 3.63. The molecule has 0 atom stereocenters. The number of aromatic amines is 1. The summed E-state index contributed by atoms with van der Waals surface area (Å²) in [5, 5.41) is 5.17. The average molecular weight is 307 g/mol. The van der Waals surface area contributed by atoms with Gasteiger partial charge in [0, 0.05) is 21.7 Å². The summed E-state index contributed by atoms with van der Waals surface area (Å²) in [4.78, 5) is 3.63. The van der Waals surface area contributed by atoms with Crippen molar-refractivity contribution in [1.29, 1.82) is 0 Å². The molecule has 1 aromatic heterocycles. The van der Waals surface area contributed by atoms with Gasteiger partial charge in [0.25, 0.3) is 0 Å². The Hall–Kier alpha value is -3.06. The first-order valence-corrected chi connectivity index (χ1v) is 8.30. The van der Waals surface area contributed by atoms with Crippen LogP contribution in [0.3, 0.4) is 0 Å². The summed E-state index contributed by atoms with van der Waals surface area (Å²) in [5.41, 5.74) is 6.27. The van der Waals surface area contributed by atoms with Crippen LogP contribution < -0.4 is 0 Å². The minimum atomic E-state index is 1.20. The van der Waals surface area contributed by atoms with Crippen LogP contribution in [0.1, 0.15) is 5.56 Å². The first-order chi connectivity index (χ1) is 11.8. The van der Waals surface area contributed by atoms with E-state index in [0.29, 0.717) is 0 Å². The molecule has 0 saturated carbocycles. The smallest absolute Gasteiger partial charge is 0.0544 e. The summed E-state index contributed by atoms with van der Waals surface area (Å²) < 4.78 is 0. The Bertz CT molecular complexity index is 1200. The summed E-state index contributed by atoms with van der Waals surface area (Å²) in [5.74, 6) is 0. The maximum Gasteiger partial charge on any atom is 0.0544 e. The highest BCUT2D eigenvalue weighted by atomic mass is 14.7. The lowest BCUT2D eigenvalue weighted by atomic mass is 9.95. The van der Waals surface area contributed by atoms with E-state index in [1.807, 2.05) is 0 Å². The fourth-order valence-corrected chi connectivity index (χ4v) is 3.70. The van der Waals surface area contributed by atoms with Crippen LogP contribution in [0.5, 0.6) is 0 Å². The van der Waals surface area contributed by atoms with Gasteiger partial charge in [0.1, 0.15) is 0 Å². The largest absolute Gasteiger partial charge is 0.354 e. The number of nitrogens with one attached hydrogen (secondary N) is 1. The summed E-state index contributed by atoms with van der Waals surface area (Å²) in [6, 6.07) is 28.3. The molecule has 0 aliphatic carbocycles. The number of aromatic nitrogens is 1. The first-order valence-electron chi connectivity index (χ1n) is 8.30. The molecule has 0 aliphatic heterocycles. The van der Waals surface area contributed by atoms with Crippen molar-refractivity contribution in [2.24, 2.45) is 0 Å². The number of H-pyrrole nitrogens is 1. The Balaban J connectivity index is 2.01. The van der Waals surface area contributed by atoms with E-state index in [2.05, 4.69) is 90.8 Å². The fourth-order valence-electron chi connectivity index (χ4n) is 3.70. The molecule has 0 bridgehead atoms. The SMILES string of the molecule is Cc1ccc2[nH]c3c4ccccc4c(-c4ccccc4)cc3c2c1. The Labute approximate surface area is 140 Å². The predicted molar refractivity (Wildman–Crippen MR) is 103 cm³/mol. The van der Waals surface area contributed by atoms with Gasteiger partial charge >= 0.3 is 0 Å². The molecule has 24 heavy (non-hydrogen) atoms. The highest BCUT2D eigenvalue weighted by Gasteiger charge is 2.12. The number of hydrogen-bond acceptors (Lipinski definition) is 0. The maximum absolute atomic E-state index is 3.63. The van der Waals surface area contributed by atoms with Crippen LogP contribution in [-0.4, -0.2) is 4.98 Å². The van der Waals surface area contributed by atoms with Crippen LogP contribution in [0.4, 0.5) is 0 Å². The molecular formula is C23H17N. The van der Waals surface area contributed by atoms with Crippen molar-refractivity contribution in [2.75, 3.05) is 0 Å². The van der Waals surface area contributed by atoms with E-state index in [4.69, 9.17) is 0 Å². The van der Waals surface area contributed by atoms with Crippen LogP contribution in [0.25, 0.3) is 43.7 Å². The topological polar surface area (TPSA) is 15.8 Å². The summed E-state index contributed by atoms with van der Waals surface area (Å²) in [7, 11) is 0. The monoisotopic (exact) mass is 307 g/mol. The van der Waals surface area contributed by atoms with Crippen molar-refractivity contribution >= 4 is 32.6 Å². The van der Waals surface area contributed by atoms with E-state index in [0.717, 1.165) is 0 Å². The lowest BCUT2D eigenvalue weighted by Gasteiger charge is -2.09. The van der Waals surface area contributed by atoms with E-state index in [9.17, 15) is 0 Å². The van der Waals surface area contributed by atoms with Gasteiger partial charge in [-0.05, 0) is 41.6 Å². The molecule has 4 aromatic carbocycles. The molecule has 0 radical (unpaired) electrons. The molecule has 0 unspecified atom stereocenters. The van der Waals surface area contributed by atoms with Gasteiger partial charge < -0.3 is 4.98 Å². The fraction of sp³-hybridized carbons (Fsp3) is 0.0435. The second kappa shape index (κ2) is 4.97. The minimum absolute atomic E-state index is 1.20. The summed E-state index contributed by atoms with van der Waals surface area (Å²) >= 11 is 0. The van der Waals surface area contributed by atoms with Crippen molar-refractivity contribution in [3.8, 4) is 11.1 Å². The van der Waals surface area contributed by atoms with Crippen molar-refractivity contribution in [2.45, 2.75) is 6.92 Å². The van der Waals surface area contributed by atoms with E-state index in [-0.39, 0.29) is 0 Å². The lowest BCUT2D eigenvalue weighted by Crippen LogP contribution is -1.83. The first kappa shape index (κ1) is 13.4. The van der Waals surface area contributed by atoms with Gasteiger partial charge in [0.2, 0.25) is 0 Å². The van der Waals surface area contributed by atoms with Crippen LogP contribution in [0, 0.1) is 6.92 Å². The third-order valence-corrected chi connectivity index (χ3v) is 4.85. The van der Waals surface area contributed by atoms with Gasteiger partial charge in [-0.2, -0.15) is 0 Å². The standard InChI is InChI=1S/C23H17N/c1-15-11-12-22-20(13-15)21-14-19(16-7-3-2-4-8-16)17-9-5-6-10-18(17)23(21)24-22/h2-14,24H,1H3. The van der Waals surface area contributed by atoms with Gasteiger partial charge in [-0.15, -0.1) is 0 Å². The van der Waals surface area contributed by atoms with Crippen molar-refractivity contribution in [3.05, 3.63) is 84.4 Å². The van der Waals surface area contributed by atoms with Gasteiger partial charge in [-0.1, -0.05) is 66.2 Å². The van der Waals surface area contributed by atoms with Crippen LogP contribution in [0.2, 0.25) is 0 Å². The van der Waals surface area contributed by atoms with Crippen LogP contribution in [0.15, 0.2) is 78.9 Å². The van der Waals surface area contributed by atoms with Crippen LogP contribution >= 0.6 is 0 Å². The molecule has 0 saturated heterocycles. The highest BCUT2D eigenvalue weighted by Crippen LogP contribution is 2.37. The Morgan fingerprint density at radius 1 is 0.625 bits per heavy atom. The minimum Gasteiger partial charge on any atom is -0.354 e. The zero-order chi connectivity index (χ0) is 16.1. The molecule has 0 spiro atoms. The molecular weight excluding hydrogens is 290 g/mol. The van der Waals surface area contributed by atoms with Crippen molar-refractivity contribution in [3.63, 3.8) is 0 Å². The van der Waals surface area contributed by atoms with Crippen LogP contribution in [-0.2, 0) is 0 Å². The molecule has 1 heteroatoms. The van der Waals surface area contributed by atoms with E-state index in [1.165, 1.54) is 49.3 Å². The molecule has 0 amide bonds. The number of hydrogen-bond donors (Lipinski definition) is 1. The average Bonchev–Trinajstić information content (AvgIpc) is 3.00. The number of rotatable bonds is 1. The van der Waals surface area contributed by atoms with E-state index in [1.54, 1.807) is 0 Å². The third-order valence-electron chi connectivity index (χ3n) is 4.85. The van der Waals surface area contributed by atoms with Gasteiger partial charge in [0.05, 0.1) is 5.52 Å². The molecule has 1 N–H and O–H groups in total. The highest BCUT2D eigenvalue weighted by molar-refractivity contribution is 6.20. The quantitative estimate of drug-likeness (QED) is 0.366. The summed E-state index contributed by atoms with van der Waals surface area (Å²) in [6.45, 7) is 2.15. The zero-order valence-electron chi connectivity index (χ0n) is 13.5. The number of benzene rings is 4. The Kier molecular flexibility index (Phi) is 2.77. The van der Waals surface area contributed by atoms with Crippen molar-refractivity contribution in [1.82, 2.24) is 4.98 Å². The van der Waals surface area contributed by atoms with Gasteiger partial charge in [0.15, 0.2) is 0 Å². The molecule has 5 rings (SSSR count). The Morgan fingerprint density at radius 3 is 2.21 bits per heavy atom. The van der Waals surface area contributed by atoms with E-state index < -0.39 is 0 Å². The molecule has 114 valence electrons. The Morgan fingerprint density at radius 2 is 1.38 bits per heavy atom.